The van der Waals surface area contributed by atoms with Crippen LogP contribution in [0, 0.1) is 11.8 Å². The van der Waals surface area contributed by atoms with E-state index in [-0.39, 0.29) is 6.61 Å². The van der Waals surface area contributed by atoms with Crippen LogP contribution in [0.15, 0.2) is 24.3 Å². The van der Waals surface area contributed by atoms with E-state index in [9.17, 15) is 0 Å². The molecule has 1 N–H and O–H groups in total. The van der Waals surface area contributed by atoms with Crippen molar-refractivity contribution in [1.82, 2.24) is 0 Å². The van der Waals surface area contributed by atoms with E-state index in [1.165, 1.54) is 12.2 Å². The molecular weight excluding hydrogens is 232 g/mol. The molecule has 1 aromatic rings. The van der Waals surface area contributed by atoms with Crippen LogP contribution in [0.1, 0.15) is 18.9 Å². The van der Waals surface area contributed by atoms with Gasteiger partial charge in [-0.05, 0) is 30.4 Å². The van der Waals surface area contributed by atoms with Gasteiger partial charge >= 0.3 is 0 Å². The highest BCUT2D eigenvalue weighted by Gasteiger charge is 1.95. The lowest BCUT2D eigenvalue weighted by Gasteiger charge is -2.05. The van der Waals surface area contributed by atoms with E-state index in [0.717, 1.165) is 23.7 Å². The van der Waals surface area contributed by atoms with Gasteiger partial charge in [0, 0.05) is 11.3 Å². The normalized spacial score (nSPS) is 9.53. The van der Waals surface area contributed by atoms with E-state index < -0.39 is 0 Å². The van der Waals surface area contributed by atoms with Crippen LogP contribution in [-0.4, -0.2) is 29.8 Å². The van der Waals surface area contributed by atoms with Crippen LogP contribution >= 0.6 is 11.8 Å². The van der Waals surface area contributed by atoms with Crippen LogP contribution in [0.25, 0.3) is 0 Å². The van der Waals surface area contributed by atoms with Crippen molar-refractivity contribution in [1.29, 1.82) is 0 Å². The third-order valence-corrected chi connectivity index (χ3v) is 3.14. The Morgan fingerprint density at radius 3 is 3.00 bits per heavy atom. The molecule has 0 saturated heterocycles. The first-order chi connectivity index (χ1) is 8.36. The fourth-order valence-electron chi connectivity index (χ4n) is 1.27. The van der Waals surface area contributed by atoms with Crippen molar-refractivity contribution >= 4 is 11.8 Å². The molecule has 0 aromatic heterocycles. The third kappa shape index (κ3) is 6.25. The zero-order chi connectivity index (χ0) is 12.3. The number of aliphatic hydroxyl groups excluding tert-OH is 1. The standard InChI is InChI=1S/C14H18O2S/c1-2-10-17-11-9-16-14-7-3-5-13(12-14)6-4-8-15/h3,5,7,12,15H,2,8-11H2,1H3. The highest BCUT2D eigenvalue weighted by Crippen LogP contribution is 2.13. The van der Waals surface area contributed by atoms with Crippen molar-refractivity contribution in [3.8, 4) is 17.6 Å². The van der Waals surface area contributed by atoms with Crippen molar-refractivity contribution in [2.45, 2.75) is 13.3 Å². The minimum Gasteiger partial charge on any atom is -0.493 e. The van der Waals surface area contributed by atoms with E-state index >= 15 is 0 Å². The number of aliphatic hydroxyl groups is 1. The molecule has 0 aliphatic carbocycles. The molecule has 0 aliphatic rings. The van der Waals surface area contributed by atoms with Crippen LogP contribution in [-0.2, 0) is 0 Å². The van der Waals surface area contributed by atoms with Crippen molar-refractivity contribution in [3.05, 3.63) is 29.8 Å². The summed E-state index contributed by atoms with van der Waals surface area (Å²) in [5, 5.41) is 8.61. The molecule has 0 radical (unpaired) electrons. The van der Waals surface area contributed by atoms with E-state index in [4.69, 9.17) is 9.84 Å². The first-order valence-corrected chi connectivity index (χ1v) is 6.92. The molecule has 0 spiro atoms. The molecule has 0 bridgehead atoms. The molecule has 1 rings (SSSR count). The monoisotopic (exact) mass is 250 g/mol. The molecule has 0 amide bonds. The molecule has 1 aromatic carbocycles. The Morgan fingerprint density at radius 2 is 2.24 bits per heavy atom. The van der Waals surface area contributed by atoms with E-state index in [1.54, 1.807) is 0 Å². The molecule has 0 unspecified atom stereocenters. The number of benzene rings is 1. The average molecular weight is 250 g/mol. The van der Waals surface area contributed by atoms with Crippen molar-refractivity contribution in [2.24, 2.45) is 0 Å². The van der Waals surface area contributed by atoms with Crippen LogP contribution in [0.4, 0.5) is 0 Å². The summed E-state index contributed by atoms with van der Waals surface area (Å²) in [5.74, 6) is 8.52. The first kappa shape index (κ1) is 14.0. The summed E-state index contributed by atoms with van der Waals surface area (Å²) in [6, 6.07) is 7.64. The zero-order valence-electron chi connectivity index (χ0n) is 10.1. The van der Waals surface area contributed by atoms with E-state index in [0.29, 0.717) is 0 Å². The Hall–Kier alpha value is -1.11. The molecule has 0 saturated carbocycles. The lowest BCUT2D eigenvalue weighted by molar-refractivity contribution is 0.344. The van der Waals surface area contributed by atoms with Gasteiger partial charge in [0.2, 0.25) is 0 Å². The maximum atomic E-state index is 8.61. The van der Waals surface area contributed by atoms with Crippen LogP contribution in [0.3, 0.4) is 0 Å². The predicted molar refractivity (Wildman–Crippen MR) is 73.5 cm³/mol. The third-order valence-electron chi connectivity index (χ3n) is 1.99. The lowest BCUT2D eigenvalue weighted by Crippen LogP contribution is -2.00. The number of rotatable bonds is 6. The summed E-state index contributed by atoms with van der Waals surface area (Å²) in [5.41, 5.74) is 0.873. The largest absolute Gasteiger partial charge is 0.493 e. The minimum absolute atomic E-state index is 0.112. The van der Waals surface area contributed by atoms with Crippen molar-refractivity contribution in [2.75, 3.05) is 24.7 Å². The lowest BCUT2D eigenvalue weighted by atomic mass is 10.2. The molecule has 0 atom stereocenters. The molecule has 0 aliphatic heterocycles. The molecular formula is C14H18O2S. The molecule has 3 heteroatoms. The average Bonchev–Trinajstić information content (AvgIpc) is 2.37. The summed E-state index contributed by atoms with van der Waals surface area (Å²) in [4.78, 5) is 0. The fraction of sp³-hybridized carbons (Fsp3) is 0.429. The molecule has 2 nitrogen and oxygen atoms in total. The highest BCUT2D eigenvalue weighted by atomic mass is 32.2. The first-order valence-electron chi connectivity index (χ1n) is 5.77. The second-order valence-electron chi connectivity index (χ2n) is 3.45. The second-order valence-corrected chi connectivity index (χ2v) is 4.67. The Bertz CT molecular complexity index is 379. The number of ether oxygens (including phenoxy) is 1. The van der Waals surface area contributed by atoms with Gasteiger partial charge in [-0.25, -0.2) is 0 Å². The smallest absolute Gasteiger partial charge is 0.120 e. The van der Waals surface area contributed by atoms with Gasteiger partial charge in [0.05, 0.1) is 6.61 Å². The zero-order valence-corrected chi connectivity index (χ0v) is 10.9. The van der Waals surface area contributed by atoms with Crippen LogP contribution < -0.4 is 4.74 Å². The van der Waals surface area contributed by atoms with E-state index in [1.807, 2.05) is 36.0 Å². The van der Waals surface area contributed by atoms with Crippen LogP contribution in [0.2, 0.25) is 0 Å². The maximum Gasteiger partial charge on any atom is 0.120 e. The topological polar surface area (TPSA) is 29.5 Å². The maximum absolute atomic E-state index is 8.61. The summed E-state index contributed by atoms with van der Waals surface area (Å²) >= 11 is 1.90. The Kier molecular flexibility index (Phi) is 7.37. The molecule has 0 fully saturated rings. The quantitative estimate of drug-likeness (QED) is 0.621. The molecule has 0 heterocycles. The van der Waals surface area contributed by atoms with Crippen LogP contribution in [0.5, 0.6) is 5.75 Å². The van der Waals surface area contributed by atoms with E-state index in [2.05, 4.69) is 18.8 Å². The highest BCUT2D eigenvalue weighted by molar-refractivity contribution is 7.99. The Morgan fingerprint density at radius 1 is 1.35 bits per heavy atom. The van der Waals surface area contributed by atoms with Gasteiger partial charge in [0.15, 0.2) is 0 Å². The Balaban J connectivity index is 2.38. The predicted octanol–water partition coefficient (Wildman–Crippen LogP) is 2.55. The van der Waals surface area contributed by atoms with Gasteiger partial charge in [0.1, 0.15) is 12.4 Å². The summed E-state index contributed by atoms with van der Waals surface area (Å²) in [6.07, 6.45) is 1.21. The fourth-order valence-corrected chi connectivity index (χ4v) is 1.96. The van der Waals surface area contributed by atoms with Gasteiger partial charge in [-0.1, -0.05) is 24.8 Å². The van der Waals surface area contributed by atoms with Gasteiger partial charge in [-0.15, -0.1) is 0 Å². The van der Waals surface area contributed by atoms with Gasteiger partial charge in [0.25, 0.3) is 0 Å². The van der Waals surface area contributed by atoms with Crippen molar-refractivity contribution < 1.29 is 9.84 Å². The minimum atomic E-state index is -0.112. The number of thioether (sulfide) groups is 1. The summed E-state index contributed by atoms with van der Waals surface area (Å²) in [7, 11) is 0. The molecule has 17 heavy (non-hydrogen) atoms. The van der Waals surface area contributed by atoms with Crippen molar-refractivity contribution in [3.63, 3.8) is 0 Å². The second kappa shape index (κ2) is 8.98. The van der Waals surface area contributed by atoms with Gasteiger partial charge in [-0.2, -0.15) is 11.8 Å². The summed E-state index contributed by atoms with van der Waals surface area (Å²) < 4.78 is 5.62. The number of hydrogen-bond acceptors (Lipinski definition) is 3. The Labute approximate surface area is 107 Å². The molecule has 92 valence electrons. The number of hydrogen-bond donors (Lipinski definition) is 1. The van der Waals surface area contributed by atoms with Gasteiger partial charge in [-0.3, -0.25) is 0 Å². The SMILES string of the molecule is CCCSCCOc1cccc(C#CCO)c1. The van der Waals surface area contributed by atoms with Gasteiger partial charge < -0.3 is 9.84 Å². The summed E-state index contributed by atoms with van der Waals surface area (Å²) in [6.45, 7) is 2.79.